The fraction of sp³-hybridized carbons (Fsp3) is 0.133. The van der Waals surface area contributed by atoms with Crippen molar-refractivity contribution in [3.8, 4) is 5.75 Å². The van der Waals surface area contributed by atoms with Crippen molar-refractivity contribution in [1.82, 2.24) is 0 Å². The van der Waals surface area contributed by atoms with E-state index in [0.29, 0.717) is 32.8 Å². The minimum Gasteiger partial charge on any atom is -0.496 e. The van der Waals surface area contributed by atoms with Gasteiger partial charge in [-0.25, -0.2) is 0 Å². The highest BCUT2D eigenvalue weighted by Gasteiger charge is 2.19. The van der Waals surface area contributed by atoms with Crippen LogP contribution in [0.5, 0.6) is 5.75 Å². The Balaban J connectivity index is 2.63. The van der Waals surface area contributed by atoms with E-state index in [1.807, 2.05) is 6.07 Å². The fourth-order valence-corrected chi connectivity index (χ4v) is 2.72. The van der Waals surface area contributed by atoms with Gasteiger partial charge >= 0.3 is 0 Å². The summed E-state index contributed by atoms with van der Waals surface area (Å²) in [5, 5.41) is 13.5. The van der Waals surface area contributed by atoms with Crippen molar-refractivity contribution < 1.29 is 9.94 Å². The lowest BCUT2D eigenvalue weighted by atomic mass is 10.00. The standard InChI is InChI=1S/C15H12Cl3NO2/c1-21-13-7-9(8-16)5-6-10(13)15(19-20)14-11(17)3-2-4-12(14)18/h2-7,20H,8H2,1H3/b19-15+. The summed E-state index contributed by atoms with van der Waals surface area (Å²) in [6, 6.07) is 10.4. The molecule has 0 atom stereocenters. The summed E-state index contributed by atoms with van der Waals surface area (Å²) in [5.74, 6) is 0.881. The molecule has 2 rings (SSSR count). The van der Waals surface area contributed by atoms with E-state index in [2.05, 4.69) is 5.16 Å². The van der Waals surface area contributed by atoms with Gasteiger partial charge in [0.25, 0.3) is 0 Å². The van der Waals surface area contributed by atoms with E-state index in [-0.39, 0.29) is 5.71 Å². The zero-order chi connectivity index (χ0) is 15.4. The Kier molecular flexibility index (Phi) is 5.34. The molecule has 1 N–H and O–H groups in total. The van der Waals surface area contributed by atoms with Gasteiger partial charge in [0.15, 0.2) is 0 Å². The number of halogens is 3. The van der Waals surface area contributed by atoms with Crippen molar-refractivity contribution in [3.63, 3.8) is 0 Å². The molecule has 0 aliphatic heterocycles. The highest BCUT2D eigenvalue weighted by molar-refractivity contribution is 6.41. The number of benzene rings is 2. The molecule has 0 aliphatic rings. The second-order valence-corrected chi connectivity index (χ2v) is 5.30. The second-order valence-electron chi connectivity index (χ2n) is 4.21. The number of hydrogen-bond acceptors (Lipinski definition) is 3. The maximum atomic E-state index is 9.42. The van der Waals surface area contributed by atoms with Crippen LogP contribution in [-0.2, 0) is 5.88 Å². The first-order chi connectivity index (χ1) is 10.1. The summed E-state index contributed by atoms with van der Waals surface area (Å²) in [4.78, 5) is 0. The van der Waals surface area contributed by atoms with Crippen LogP contribution in [0.25, 0.3) is 0 Å². The predicted octanol–water partition coefficient (Wildman–Crippen LogP) is 4.97. The largest absolute Gasteiger partial charge is 0.496 e. The molecule has 0 aromatic heterocycles. The molecule has 2 aromatic rings. The van der Waals surface area contributed by atoms with Crippen LogP contribution in [0.15, 0.2) is 41.6 Å². The lowest BCUT2D eigenvalue weighted by Crippen LogP contribution is -2.08. The molecular formula is C15H12Cl3NO2. The first kappa shape index (κ1) is 16.0. The molecule has 0 aliphatic carbocycles. The van der Waals surface area contributed by atoms with Gasteiger partial charge in [-0.15, -0.1) is 11.6 Å². The topological polar surface area (TPSA) is 41.8 Å². The van der Waals surface area contributed by atoms with Crippen LogP contribution in [0, 0.1) is 0 Å². The number of alkyl halides is 1. The zero-order valence-electron chi connectivity index (χ0n) is 11.1. The van der Waals surface area contributed by atoms with Crippen molar-refractivity contribution in [2.24, 2.45) is 5.16 Å². The molecule has 0 amide bonds. The highest BCUT2D eigenvalue weighted by Crippen LogP contribution is 2.31. The average Bonchev–Trinajstić information content (AvgIpc) is 2.50. The van der Waals surface area contributed by atoms with Crippen molar-refractivity contribution in [2.45, 2.75) is 5.88 Å². The Morgan fingerprint density at radius 2 is 1.86 bits per heavy atom. The van der Waals surface area contributed by atoms with Crippen molar-refractivity contribution in [2.75, 3.05) is 7.11 Å². The minimum atomic E-state index is 0.239. The third-order valence-corrected chi connectivity index (χ3v) is 3.91. The Morgan fingerprint density at radius 1 is 1.19 bits per heavy atom. The van der Waals surface area contributed by atoms with Crippen LogP contribution in [0.2, 0.25) is 10.0 Å². The Hall–Kier alpha value is -1.42. The number of methoxy groups -OCH3 is 1. The maximum absolute atomic E-state index is 9.42. The molecule has 0 saturated carbocycles. The number of ether oxygens (including phenoxy) is 1. The molecule has 0 bridgehead atoms. The molecule has 0 heterocycles. The molecule has 110 valence electrons. The zero-order valence-corrected chi connectivity index (χ0v) is 13.4. The number of hydrogen-bond donors (Lipinski definition) is 1. The monoisotopic (exact) mass is 343 g/mol. The summed E-state index contributed by atoms with van der Waals surface area (Å²) in [6.45, 7) is 0. The van der Waals surface area contributed by atoms with Crippen molar-refractivity contribution in [3.05, 3.63) is 63.1 Å². The molecule has 0 fully saturated rings. The van der Waals surface area contributed by atoms with Crippen molar-refractivity contribution >= 4 is 40.5 Å². The van der Waals surface area contributed by atoms with Gasteiger partial charge in [0, 0.05) is 17.0 Å². The van der Waals surface area contributed by atoms with Crippen LogP contribution in [-0.4, -0.2) is 18.0 Å². The van der Waals surface area contributed by atoms with Gasteiger partial charge in [-0.3, -0.25) is 0 Å². The van der Waals surface area contributed by atoms with E-state index in [4.69, 9.17) is 39.5 Å². The summed E-state index contributed by atoms with van der Waals surface area (Å²) < 4.78 is 5.34. The third kappa shape index (κ3) is 3.26. The maximum Gasteiger partial charge on any atom is 0.128 e. The smallest absolute Gasteiger partial charge is 0.128 e. The van der Waals surface area contributed by atoms with Gasteiger partial charge in [-0.05, 0) is 29.8 Å². The SMILES string of the molecule is COc1cc(CCl)ccc1/C(=N\O)c1c(Cl)cccc1Cl. The van der Waals surface area contributed by atoms with E-state index in [1.165, 1.54) is 7.11 Å². The second kappa shape index (κ2) is 7.03. The lowest BCUT2D eigenvalue weighted by Gasteiger charge is -2.13. The molecule has 2 aromatic carbocycles. The van der Waals surface area contributed by atoms with Gasteiger partial charge in [0.05, 0.1) is 17.2 Å². The predicted molar refractivity (Wildman–Crippen MR) is 86.4 cm³/mol. The normalized spacial score (nSPS) is 11.5. The van der Waals surface area contributed by atoms with E-state index in [9.17, 15) is 5.21 Å². The Morgan fingerprint density at radius 3 is 2.38 bits per heavy atom. The van der Waals surface area contributed by atoms with E-state index < -0.39 is 0 Å². The van der Waals surface area contributed by atoms with Crippen LogP contribution < -0.4 is 4.74 Å². The molecule has 0 unspecified atom stereocenters. The van der Waals surface area contributed by atoms with Crippen LogP contribution in [0.3, 0.4) is 0 Å². The summed E-state index contributed by atoms with van der Waals surface area (Å²) >= 11 is 18.1. The Bertz CT molecular complexity index is 666. The molecule has 21 heavy (non-hydrogen) atoms. The first-order valence-electron chi connectivity index (χ1n) is 6.02. The Labute approximate surface area is 137 Å². The molecule has 0 radical (unpaired) electrons. The fourth-order valence-electron chi connectivity index (χ4n) is 1.98. The van der Waals surface area contributed by atoms with Gasteiger partial charge < -0.3 is 9.94 Å². The molecule has 0 saturated heterocycles. The first-order valence-corrected chi connectivity index (χ1v) is 7.31. The third-order valence-electron chi connectivity index (χ3n) is 2.97. The van der Waals surface area contributed by atoms with E-state index >= 15 is 0 Å². The quantitative estimate of drug-likeness (QED) is 0.368. The summed E-state index contributed by atoms with van der Waals surface area (Å²) in [7, 11) is 1.53. The summed E-state index contributed by atoms with van der Waals surface area (Å²) in [5.41, 5.74) is 2.15. The van der Waals surface area contributed by atoms with Gasteiger partial charge in [-0.2, -0.15) is 0 Å². The van der Waals surface area contributed by atoms with E-state index in [1.54, 1.807) is 30.3 Å². The lowest BCUT2D eigenvalue weighted by molar-refractivity contribution is 0.319. The van der Waals surface area contributed by atoms with Crippen LogP contribution >= 0.6 is 34.8 Å². The highest BCUT2D eigenvalue weighted by atomic mass is 35.5. The minimum absolute atomic E-state index is 0.239. The van der Waals surface area contributed by atoms with Gasteiger partial charge in [0.2, 0.25) is 0 Å². The van der Waals surface area contributed by atoms with Crippen molar-refractivity contribution in [1.29, 1.82) is 0 Å². The molecule has 3 nitrogen and oxygen atoms in total. The van der Waals surface area contributed by atoms with Crippen LogP contribution in [0.4, 0.5) is 0 Å². The number of nitrogens with zero attached hydrogens (tertiary/aromatic N) is 1. The van der Waals surface area contributed by atoms with Gasteiger partial charge in [-0.1, -0.05) is 40.5 Å². The molecule has 0 spiro atoms. The number of rotatable bonds is 4. The summed E-state index contributed by atoms with van der Waals surface area (Å²) in [6.07, 6.45) is 0. The van der Waals surface area contributed by atoms with Gasteiger partial charge in [0.1, 0.15) is 11.5 Å². The molecule has 6 heteroatoms. The van der Waals surface area contributed by atoms with E-state index in [0.717, 1.165) is 5.56 Å². The average molecular weight is 345 g/mol. The number of oxime groups is 1. The molecular weight excluding hydrogens is 333 g/mol. The van der Waals surface area contributed by atoms with Crippen LogP contribution in [0.1, 0.15) is 16.7 Å².